The van der Waals surface area contributed by atoms with Crippen molar-refractivity contribution < 1.29 is 18.4 Å². The molecule has 104 valence electrons. The predicted octanol–water partition coefficient (Wildman–Crippen LogP) is 1.39. The van der Waals surface area contributed by atoms with Gasteiger partial charge in [0.05, 0.1) is 5.56 Å². The van der Waals surface area contributed by atoms with E-state index >= 15 is 0 Å². The lowest BCUT2D eigenvalue weighted by atomic mass is 10.1. The Morgan fingerprint density at radius 2 is 2.05 bits per heavy atom. The molecule has 1 rings (SSSR count). The van der Waals surface area contributed by atoms with Gasteiger partial charge in [-0.15, -0.1) is 0 Å². The number of nitrogens with one attached hydrogen (secondary N) is 1. The van der Waals surface area contributed by atoms with Gasteiger partial charge in [-0.3, -0.25) is 14.6 Å². The number of carbonyl (C=O) groups is 2. The molecule has 0 unspecified atom stereocenters. The minimum Gasteiger partial charge on any atom is -0.366 e. The number of halogens is 2. The van der Waals surface area contributed by atoms with Crippen LogP contribution in [0, 0.1) is 5.92 Å². The number of alkyl halides is 2. The normalized spacial score (nSPS) is 10.8. The number of amides is 2. The first-order valence-corrected chi connectivity index (χ1v) is 5.67. The van der Waals surface area contributed by atoms with Crippen molar-refractivity contribution in [1.29, 1.82) is 0 Å². The van der Waals surface area contributed by atoms with Gasteiger partial charge in [0, 0.05) is 18.7 Å². The van der Waals surface area contributed by atoms with Crippen molar-refractivity contribution in [3.05, 3.63) is 29.1 Å². The molecule has 2 amide bonds. The average Bonchev–Trinajstić information content (AvgIpc) is 2.35. The Morgan fingerprint density at radius 3 is 2.53 bits per heavy atom. The molecule has 0 bridgehead atoms. The maximum absolute atomic E-state index is 12.6. The molecule has 0 aliphatic carbocycles. The van der Waals surface area contributed by atoms with Crippen molar-refractivity contribution in [1.82, 2.24) is 10.3 Å². The van der Waals surface area contributed by atoms with E-state index in [0.717, 1.165) is 0 Å². The smallest absolute Gasteiger partial charge is 0.281 e. The highest BCUT2D eigenvalue weighted by Crippen LogP contribution is 2.21. The van der Waals surface area contributed by atoms with Crippen molar-refractivity contribution in [2.24, 2.45) is 11.7 Å². The Hall–Kier alpha value is -2.05. The zero-order valence-electron chi connectivity index (χ0n) is 10.6. The summed E-state index contributed by atoms with van der Waals surface area (Å²) in [4.78, 5) is 26.0. The molecule has 1 heterocycles. The number of primary amides is 1. The van der Waals surface area contributed by atoms with Crippen molar-refractivity contribution in [3.63, 3.8) is 0 Å². The maximum atomic E-state index is 12.6. The largest absolute Gasteiger partial charge is 0.366 e. The number of hydrogen-bond acceptors (Lipinski definition) is 3. The number of aromatic nitrogens is 1. The summed E-state index contributed by atoms with van der Waals surface area (Å²) >= 11 is 0. The summed E-state index contributed by atoms with van der Waals surface area (Å²) in [5.74, 6) is -1.35. The molecule has 0 aliphatic rings. The van der Waals surface area contributed by atoms with Crippen LogP contribution in [0.1, 0.15) is 41.9 Å². The molecule has 0 radical (unpaired) electrons. The van der Waals surface area contributed by atoms with Crippen LogP contribution in [0.15, 0.2) is 12.3 Å². The summed E-state index contributed by atoms with van der Waals surface area (Å²) in [7, 11) is 0. The van der Waals surface area contributed by atoms with Crippen molar-refractivity contribution in [2.45, 2.75) is 26.8 Å². The standard InChI is InChI=1S/C12H15F2N3O2/c1-6(2)12(19)17-5-7-3-8(11(15)18)9(10(13)14)16-4-7/h3-4,6,10H,5H2,1-2H3,(H2,15,18)(H,17,19). The van der Waals surface area contributed by atoms with Crippen molar-refractivity contribution in [2.75, 3.05) is 0 Å². The SMILES string of the molecule is CC(C)C(=O)NCc1cnc(C(F)F)c(C(N)=O)c1. The van der Waals surface area contributed by atoms with E-state index in [4.69, 9.17) is 5.73 Å². The van der Waals surface area contributed by atoms with Gasteiger partial charge >= 0.3 is 0 Å². The number of nitrogens with zero attached hydrogens (tertiary/aromatic N) is 1. The van der Waals surface area contributed by atoms with E-state index in [1.165, 1.54) is 12.3 Å². The molecule has 1 aromatic rings. The fourth-order valence-electron chi connectivity index (χ4n) is 1.38. The number of nitrogens with two attached hydrogens (primary N) is 1. The van der Waals surface area contributed by atoms with Crippen LogP contribution in [-0.2, 0) is 11.3 Å². The number of carbonyl (C=O) groups excluding carboxylic acids is 2. The monoisotopic (exact) mass is 271 g/mol. The van der Waals surface area contributed by atoms with Crippen LogP contribution < -0.4 is 11.1 Å². The first-order chi connectivity index (χ1) is 8.82. The second-order valence-corrected chi connectivity index (χ2v) is 4.31. The van der Waals surface area contributed by atoms with Crippen molar-refractivity contribution in [3.8, 4) is 0 Å². The van der Waals surface area contributed by atoms with Gasteiger partial charge < -0.3 is 11.1 Å². The molecule has 0 aliphatic heterocycles. The summed E-state index contributed by atoms with van der Waals surface area (Å²) in [5.41, 5.74) is 4.49. The first kappa shape index (κ1) is 15.0. The minimum atomic E-state index is -2.87. The van der Waals surface area contributed by atoms with E-state index in [0.29, 0.717) is 5.56 Å². The average molecular weight is 271 g/mol. The van der Waals surface area contributed by atoms with Gasteiger partial charge in [0.2, 0.25) is 5.91 Å². The van der Waals surface area contributed by atoms with Crippen LogP contribution in [0.2, 0.25) is 0 Å². The maximum Gasteiger partial charge on any atom is 0.281 e. The predicted molar refractivity (Wildman–Crippen MR) is 64.4 cm³/mol. The number of pyridine rings is 1. The Morgan fingerprint density at radius 1 is 1.42 bits per heavy atom. The van der Waals surface area contributed by atoms with Crippen LogP contribution in [-0.4, -0.2) is 16.8 Å². The Labute approximate surface area is 109 Å². The third-order valence-corrected chi connectivity index (χ3v) is 2.44. The third-order valence-electron chi connectivity index (χ3n) is 2.44. The van der Waals surface area contributed by atoms with Gasteiger partial charge in [-0.2, -0.15) is 0 Å². The second-order valence-electron chi connectivity index (χ2n) is 4.31. The summed E-state index contributed by atoms with van der Waals surface area (Å²) in [5, 5.41) is 2.59. The topological polar surface area (TPSA) is 85.1 Å². The van der Waals surface area contributed by atoms with E-state index in [1.807, 2.05) is 0 Å². The molecule has 3 N–H and O–H groups in total. The molecule has 0 aromatic carbocycles. The van der Waals surface area contributed by atoms with Gasteiger partial charge in [-0.05, 0) is 11.6 Å². The highest BCUT2D eigenvalue weighted by Gasteiger charge is 2.19. The van der Waals surface area contributed by atoms with Crippen LogP contribution in [0.25, 0.3) is 0 Å². The Balaban J connectivity index is 2.90. The van der Waals surface area contributed by atoms with Gasteiger partial charge in [-0.1, -0.05) is 13.8 Å². The molecule has 1 aromatic heterocycles. The molecule has 0 saturated heterocycles. The highest BCUT2D eigenvalue weighted by molar-refractivity contribution is 5.94. The molecule has 0 spiro atoms. The minimum absolute atomic E-state index is 0.105. The number of rotatable bonds is 5. The second kappa shape index (κ2) is 6.21. The van der Waals surface area contributed by atoms with Gasteiger partial charge in [0.15, 0.2) is 0 Å². The Bertz CT molecular complexity index is 490. The lowest BCUT2D eigenvalue weighted by Crippen LogP contribution is -2.27. The number of hydrogen-bond donors (Lipinski definition) is 2. The van der Waals surface area contributed by atoms with Gasteiger partial charge in [-0.25, -0.2) is 8.78 Å². The quantitative estimate of drug-likeness (QED) is 0.848. The van der Waals surface area contributed by atoms with E-state index in [2.05, 4.69) is 10.3 Å². The Kier molecular flexibility index (Phi) is 4.91. The third kappa shape index (κ3) is 3.97. The van der Waals surface area contributed by atoms with Crippen LogP contribution in [0.3, 0.4) is 0 Å². The summed E-state index contributed by atoms with van der Waals surface area (Å²) in [6.07, 6.45) is -1.68. The zero-order valence-corrected chi connectivity index (χ0v) is 10.6. The fourth-order valence-corrected chi connectivity index (χ4v) is 1.38. The van der Waals surface area contributed by atoms with Crippen LogP contribution >= 0.6 is 0 Å². The molecular formula is C12H15F2N3O2. The summed E-state index contributed by atoms with van der Waals surface area (Å²) in [6, 6.07) is 1.22. The molecule has 0 atom stereocenters. The molecule has 5 nitrogen and oxygen atoms in total. The van der Waals surface area contributed by atoms with E-state index in [9.17, 15) is 18.4 Å². The molecule has 0 fully saturated rings. The molecule has 19 heavy (non-hydrogen) atoms. The molecule has 7 heteroatoms. The van der Waals surface area contributed by atoms with E-state index in [1.54, 1.807) is 13.8 Å². The fraction of sp³-hybridized carbons (Fsp3) is 0.417. The molecular weight excluding hydrogens is 256 g/mol. The lowest BCUT2D eigenvalue weighted by molar-refractivity contribution is -0.124. The van der Waals surface area contributed by atoms with E-state index < -0.39 is 18.0 Å². The first-order valence-electron chi connectivity index (χ1n) is 5.67. The van der Waals surface area contributed by atoms with E-state index in [-0.39, 0.29) is 23.9 Å². The van der Waals surface area contributed by atoms with Gasteiger partial charge in [0.25, 0.3) is 12.3 Å². The molecule has 0 saturated carbocycles. The van der Waals surface area contributed by atoms with Crippen LogP contribution in [0.4, 0.5) is 8.78 Å². The lowest BCUT2D eigenvalue weighted by Gasteiger charge is -2.10. The highest BCUT2D eigenvalue weighted by atomic mass is 19.3. The summed E-state index contributed by atoms with van der Waals surface area (Å²) in [6.45, 7) is 3.55. The zero-order chi connectivity index (χ0) is 14.6. The van der Waals surface area contributed by atoms with Crippen molar-refractivity contribution >= 4 is 11.8 Å². The van der Waals surface area contributed by atoms with Gasteiger partial charge in [0.1, 0.15) is 5.69 Å². The van der Waals surface area contributed by atoms with Crippen LogP contribution in [0.5, 0.6) is 0 Å². The summed E-state index contributed by atoms with van der Waals surface area (Å²) < 4.78 is 25.2.